The van der Waals surface area contributed by atoms with Gasteiger partial charge in [0.15, 0.2) is 5.52 Å². The van der Waals surface area contributed by atoms with Gasteiger partial charge in [-0.25, -0.2) is 9.02 Å². The molecule has 0 fully saturated rings. The van der Waals surface area contributed by atoms with E-state index in [-0.39, 0.29) is 34.9 Å². The molecule has 0 atom stereocenters. The van der Waals surface area contributed by atoms with Gasteiger partial charge in [-0.3, -0.25) is 0 Å². The molecule has 1 aromatic heterocycles. The lowest BCUT2D eigenvalue weighted by molar-refractivity contribution is -0.347. The van der Waals surface area contributed by atoms with Crippen LogP contribution in [0.5, 0.6) is 0 Å². The summed E-state index contributed by atoms with van der Waals surface area (Å²) in [4.78, 5) is 1.58. The molecule has 2 aromatic carbocycles. The lowest BCUT2D eigenvalue weighted by Crippen LogP contribution is -2.55. The monoisotopic (exact) mass is 449 g/mol. The molecular weight excluding hydrogens is 435 g/mol. The zero-order valence-corrected chi connectivity index (χ0v) is 15.7. The van der Waals surface area contributed by atoms with Gasteiger partial charge in [0.25, 0.3) is 5.60 Å². The van der Waals surface area contributed by atoms with Gasteiger partial charge in [-0.1, -0.05) is 18.2 Å². The van der Waals surface area contributed by atoms with Gasteiger partial charge >= 0.3 is 12.4 Å². The summed E-state index contributed by atoms with van der Waals surface area (Å²) in [5.41, 5.74) is -3.90. The second-order valence-electron chi connectivity index (χ2n) is 6.75. The Morgan fingerprint density at radius 3 is 2.19 bits per heavy atom. The summed E-state index contributed by atoms with van der Waals surface area (Å²) in [6, 6.07) is 7.93. The molecule has 0 aliphatic rings. The second-order valence-corrected chi connectivity index (χ2v) is 6.75. The number of rotatable bonds is 5. The van der Waals surface area contributed by atoms with Crippen molar-refractivity contribution in [1.29, 1.82) is 0 Å². The molecular formula is C19H14F7N3O2. The van der Waals surface area contributed by atoms with E-state index in [1.807, 2.05) is 0 Å². The van der Waals surface area contributed by atoms with Crippen LogP contribution in [0.15, 0.2) is 47.1 Å². The molecule has 0 amide bonds. The van der Waals surface area contributed by atoms with Crippen molar-refractivity contribution in [1.82, 2.24) is 10.3 Å². The molecule has 166 valence electrons. The summed E-state index contributed by atoms with van der Waals surface area (Å²) in [5, 5.41) is 16.6. The first kappa shape index (κ1) is 22.5. The molecule has 3 rings (SSSR count). The largest absolute Gasteiger partial charge is 0.430 e. The van der Waals surface area contributed by atoms with Crippen molar-refractivity contribution in [3.05, 3.63) is 59.4 Å². The number of fused-ring (bicyclic) bond motifs is 1. The number of halogens is 7. The van der Waals surface area contributed by atoms with Gasteiger partial charge in [-0.15, -0.1) is 0 Å². The third-order valence-corrected chi connectivity index (χ3v) is 4.49. The molecule has 3 aromatic rings. The predicted molar refractivity (Wildman–Crippen MR) is 96.4 cm³/mol. The Kier molecular flexibility index (Phi) is 5.70. The average molecular weight is 449 g/mol. The zero-order valence-electron chi connectivity index (χ0n) is 15.7. The zero-order chi connectivity index (χ0) is 23.0. The van der Waals surface area contributed by atoms with Gasteiger partial charge in [-0.2, -0.15) is 26.3 Å². The van der Waals surface area contributed by atoms with Crippen molar-refractivity contribution >= 4 is 22.8 Å². The Labute approximate surface area is 170 Å². The summed E-state index contributed by atoms with van der Waals surface area (Å²) < 4.78 is 95.1. The van der Waals surface area contributed by atoms with Gasteiger partial charge in [0.1, 0.15) is 11.3 Å². The maximum Gasteiger partial charge on any atom is 0.430 e. The highest BCUT2D eigenvalue weighted by molar-refractivity contribution is 5.90. The lowest BCUT2D eigenvalue weighted by atomic mass is 10.0. The summed E-state index contributed by atoms with van der Waals surface area (Å²) >= 11 is 0. The molecule has 0 saturated carbocycles. The van der Waals surface area contributed by atoms with Gasteiger partial charge in [-0.05, 0) is 51.8 Å². The van der Waals surface area contributed by atoms with Crippen LogP contribution < -0.4 is 4.90 Å². The minimum absolute atomic E-state index is 0.0747. The first-order valence-corrected chi connectivity index (χ1v) is 8.59. The molecule has 5 nitrogen and oxygen atoms in total. The average Bonchev–Trinajstić information content (AvgIpc) is 3.14. The minimum Gasteiger partial charge on any atom is -0.370 e. The van der Waals surface area contributed by atoms with Gasteiger partial charge in [0, 0.05) is 13.6 Å². The van der Waals surface area contributed by atoms with E-state index in [0.29, 0.717) is 11.6 Å². The molecule has 0 bridgehead atoms. The quantitative estimate of drug-likeness (QED) is 0.564. The fourth-order valence-corrected chi connectivity index (χ4v) is 2.80. The Morgan fingerprint density at radius 1 is 1.00 bits per heavy atom. The minimum atomic E-state index is -5.98. The van der Waals surface area contributed by atoms with Crippen molar-refractivity contribution < 1.29 is 40.5 Å². The fraction of sp³-hybridized carbons (Fsp3) is 0.263. The van der Waals surface area contributed by atoms with E-state index in [1.165, 1.54) is 30.3 Å². The number of hydrogen-bond acceptors (Lipinski definition) is 5. The smallest absolute Gasteiger partial charge is 0.370 e. The fourth-order valence-electron chi connectivity index (χ4n) is 2.80. The first-order chi connectivity index (χ1) is 14.3. The number of nitrogens with zero attached hydrogens (tertiary/aromatic N) is 3. The Hall–Kier alpha value is -3.15. The molecule has 0 radical (unpaired) electrons. The van der Waals surface area contributed by atoms with E-state index in [0.717, 1.165) is 6.07 Å². The number of alkyl halides is 6. The van der Waals surface area contributed by atoms with Gasteiger partial charge in [0.2, 0.25) is 0 Å². The molecule has 0 saturated heterocycles. The second kappa shape index (κ2) is 7.84. The topological polar surface area (TPSA) is 62.4 Å². The van der Waals surface area contributed by atoms with Crippen LogP contribution in [-0.4, -0.2) is 40.4 Å². The highest BCUT2D eigenvalue weighted by Gasteiger charge is 2.68. The number of aromatic nitrogens is 2. The molecule has 1 N–H and O–H groups in total. The third kappa shape index (κ3) is 4.48. The van der Waals surface area contributed by atoms with Crippen molar-refractivity contribution in [2.45, 2.75) is 24.5 Å². The molecule has 0 aliphatic heterocycles. The standard InChI is InChI=1S/C19H14F7N3O2/c1-29(10-11-2-4-13(20)5-3-11)15-9-12(8-14-16(15)28-31-27-14)6-7-17(30,18(21,22)23)19(24,25)26/h2-9,30H,10H2,1H3. The van der Waals surface area contributed by atoms with Crippen molar-refractivity contribution in [3.8, 4) is 0 Å². The van der Waals surface area contributed by atoms with Crippen molar-refractivity contribution in [2.75, 3.05) is 11.9 Å². The van der Waals surface area contributed by atoms with E-state index in [1.54, 1.807) is 11.9 Å². The highest BCUT2D eigenvalue weighted by atomic mass is 19.4. The Balaban J connectivity index is 1.99. The number of anilines is 1. The Bertz CT molecular complexity index is 1070. The highest BCUT2D eigenvalue weighted by Crippen LogP contribution is 2.44. The Morgan fingerprint density at radius 2 is 1.61 bits per heavy atom. The number of hydrogen-bond donors (Lipinski definition) is 1. The summed E-state index contributed by atoms with van der Waals surface area (Å²) in [6.07, 6.45) is -11.8. The summed E-state index contributed by atoms with van der Waals surface area (Å²) in [6.45, 7) is 0.213. The van der Waals surface area contributed by atoms with Crippen LogP contribution in [0.25, 0.3) is 17.1 Å². The normalized spacial score (nSPS) is 13.3. The molecule has 12 heteroatoms. The molecule has 0 aliphatic carbocycles. The number of benzene rings is 2. The lowest BCUT2D eigenvalue weighted by Gasteiger charge is -2.29. The predicted octanol–water partition coefficient (Wildman–Crippen LogP) is 4.87. The molecule has 1 heterocycles. The molecule has 0 unspecified atom stereocenters. The van der Waals surface area contributed by atoms with Crippen LogP contribution in [0.1, 0.15) is 11.1 Å². The maximum absolute atomic E-state index is 13.1. The van der Waals surface area contributed by atoms with Crippen LogP contribution >= 0.6 is 0 Å². The molecule has 31 heavy (non-hydrogen) atoms. The van der Waals surface area contributed by atoms with E-state index in [2.05, 4.69) is 14.9 Å². The van der Waals surface area contributed by atoms with E-state index in [4.69, 9.17) is 0 Å². The summed E-state index contributed by atoms with van der Waals surface area (Å²) in [5.74, 6) is -0.441. The van der Waals surface area contributed by atoms with E-state index >= 15 is 0 Å². The van der Waals surface area contributed by atoms with Crippen LogP contribution in [0, 0.1) is 5.82 Å². The summed E-state index contributed by atoms with van der Waals surface area (Å²) in [7, 11) is 1.59. The third-order valence-electron chi connectivity index (χ3n) is 4.49. The van der Waals surface area contributed by atoms with E-state index < -0.39 is 23.8 Å². The van der Waals surface area contributed by atoms with Crippen LogP contribution in [-0.2, 0) is 6.54 Å². The maximum atomic E-state index is 13.1. The van der Waals surface area contributed by atoms with Crippen LogP contribution in [0.3, 0.4) is 0 Å². The number of aliphatic hydroxyl groups is 1. The first-order valence-electron chi connectivity index (χ1n) is 8.59. The van der Waals surface area contributed by atoms with Crippen molar-refractivity contribution in [2.24, 2.45) is 0 Å². The van der Waals surface area contributed by atoms with Gasteiger partial charge < -0.3 is 10.0 Å². The van der Waals surface area contributed by atoms with Crippen LogP contribution in [0.4, 0.5) is 36.4 Å². The van der Waals surface area contributed by atoms with Crippen LogP contribution in [0.2, 0.25) is 0 Å². The van der Waals surface area contributed by atoms with Gasteiger partial charge in [0.05, 0.1) is 5.69 Å². The SMILES string of the molecule is CN(Cc1ccc(F)cc1)c1cc(C=CC(O)(C(F)(F)F)C(F)(F)F)cc2nonc12. The van der Waals surface area contributed by atoms with Crippen molar-refractivity contribution in [3.63, 3.8) is 0 Å². The molecule has 0 spiro atoms. The van der Waals surface area contributed by atoms with E-state index in [9.17, 15) is 35.8 Å².